The molecule has 0 spiro atoms. The van der Waals surface area contributed by atoms with Gasteiger partial charge in [-0.3, -0.25) is 15.2 Å². The summed E-state index contributed by atoms with van der Waals surface area (Å²) in [4.78, 5) is 10.3. The van der Waals surface area contributed by atoms with Crippen molar-refractivity contribution in [3.8, 4) is 11.5 Å². The summed E-state index contributed by atoms with van der Waals surface area (Å²) in [6.45, 7) is 2.07. The molecular weight excluding hydrogens is 334 g/mol. The highest BCUT2D eigenvalue weighted by Crippen LogP contribution is 2.36. The quantitative estimate of drug-likeness (QED) is 0.343. The molecule has 0 bridgehead atoms. The molecule has 2 rings (SSSR count). The number of aromatic nitrogens is 3. The Morgan fingerprint density at radius 2 is 2.33 bits per heavy atom. The van der Waals surface area contributed by atoms with Gasteiger partial charge < -0.3 is 9.84 Å². The Kier molecular flexibility index (Phi) is 5.64. The number of benzene rings is 1. The maximum atomic E-state index is 11.0. The summed E-state index contributed by atoms with van der Waals surface area (Å²) in [7, 11) is 1.31. The third-order valence-corrected chi connectivity index (χ3v) is 3.55. The van der Waals surface area contributed by atoms with Crippen molar-refractivity contribution in [2.24, 2.45) is 5.10 Å². The minimum Gasteiger partial charge on any atom is -0.500 e. The molecule has 0 fully saturated rings. The van der Waals surface area contributed by atoms with Gasteiger partial charge in [-0.05, 0) is 24.7 Å². The number of H-pyrrole nitrogens is 1. The van der Waals surface area contributed by atoms with Crippen molar-refractivity contribution in [1.82, 2.24) is 14.9 Å². The van der Waals surface area contributed by atoms with Gasteiger partial charge >= 0.3 is 5.69 Å². The van der Waals surface area contributed by atoms with Gasteiger partial charge in [-0.1, -0.05) is 13.3 Å². The summed E-state index contributed by atoms with van der Waals surface area (Å²) in [5.74, 6) is 0.147. The van der Waals surface area contributed by atoms with Crippen LogP contribution < -0.4 is 4.74 Å². The summed E-state index contributed by atoms with van der Waals surface area (Å²) >= 11 is 5.13. The third-order valence-electron chi connectivity index (χ3n) is 3.29. The number of phenolic OH excluding ortho intramolecular Hbond substituents is 1. The largest absolute Gasteiger partial charge is 0.500 e. The van der Waals surface area contributed by atoms with E-state index in [4.69, 9.17) is 17.0 Å². The molecule has 0 aliphatic carbocycles. The molecule has 0 aliphatic rings. The lowest BCUT2D eigenvalue weighted by atomic mass is 10.2. The van der Waals surface area contributed by atoms with Gasteiger partial charge in [-0.15, -0.1) is 0 Å². The summed E-state index contributed by atoms with van der Waals surface area (Å²) in [5, 5.41) is 31.8. The summed E-state index contributed by atoms with van der Waals surface area (Å²) in [6, 6.07) is 2.65. The van der Waals surface area contributed by atoms with Crippen molar-refractivity contribution in [3.63, 3.8) is 0 Å². The second kappa shape index (κ2) is 7.68. The van der Waals surface area contributed by atoms with Gasteiger partial charge in [0.2, 0.25) is 10.5 Å². The van der Waals surface area contributed by atoms with Crippen LogP contribution in [-0.4, -0.2) is 38.2 Å². The molecule has 2 N–H and O–H groups in total. The third kappa shape index (κ3) is 3.77. The van der Waals surface area contributed by atoms with E-state index in [1.807, 2.05) is 0 Å². The number of aryl methyl sites for hydroxylation is 1. The van der Waals surface area contributed by atoms with Crippen LogP contribution in [0.3, 0.4) is 0 Å². The minimum absolute atomic E-state index is 0.00681. The summed E-state index contributed by atoms with van der Waals surface area (Å²) in [5.41, 5.74) is -0.0707. The van der Waals surface area contributed by atoms with Gasteiger partial charge in [0.05, 0.1) is 18.2 Å². The fraction of sp³-hybridized carbons (Fsp3) is 0.357. The number of ether oxygens (including phenoxy) is 1. The molecule has 9 nitrogen and oxygen atoms in total. The Morgan fingerprint density at radius 1 is 1.58 bits per heavy atom. The average molecular weight is 351 g/mol. The number of hydrogen-bond donors (Lipinski definition) is 2. The van der Waals surface area contributed by atoms with Gasteiger partial charge in [0, 0.05) is 18.1 Å². The molecule has 1 heterocycles. The lowest BCUT2D eigenvalue weighted by Crippen LogP contribution is -2.00. The van der Waals surface area contributed by atoms with Crippen molar-refractivity contribution < 1.29 is 14.8 Å². The van der Waals surface area contributed by atoms with Gasteiger partial charge in [-0.2, -0.15) is 14.9 Å². The Bertz CT molecular complexity index is 827. The predicted molar refractivity (Wildman–Crippen MR) is 90.3 cm³/mol. The van der Waals surface area contributed by atoms with Crippen LogP contribution in [0, 0.1) is 14.9 Å². The maximum Gasteiger partial charge on any atom is 0.315 e. The number of rotatable bonds is 7. The zero-order valence-electron chi connectivity index (χ0n) is 13.2. The predicted octanol–water partition coefficient (Wildman–Crippen LogP) is 2.79. The van der Waals surface area contributed by atoms with Crippen molar-refractivity contribution in [3.05, 3.63) is 38.4 Å². The van der Waals surface area contributed by atoms with Crippen molar-refractivity contribution in [2.75, 3.05) is 7.11 Å². The molecule has 0 atom stereocenters. The number of aromatic hydroxyl groups is 1. The molecular formula is C14H17N5O4S. The smallest absolute Gasteiger partial charge is 0.315 e. The maximum absolute atomic E-state index is 11.0. The Labute approximate surface area is 142 Å². The van der Waals surface area contributed by atoms with Crippen LogP contribution in [0.5, 0.6) is 11.5 Å². The molecule has 0 unspecified atom stereocenters. The fourth-order valence-electron chi connectivity index (χ4n) is 2.05. The van der Waals surface area contributed by atoms with E-state index in [2.05, 4.69) is 22.2 Å². The molecule has 1 aromatic carbocycles. The van der Waals surface area contributed by atoms with Crippen LogP contribution in [-0.2, 0) is 6.42 Å². The zero-order valence-corrected chi connectivity index (χ0v) is 14.0. The Hall–Kier alpha value is -2.75. The number of unbranched alkanes of at least 4 members (excludes halogenated alkanes) is 1. The Morgan fingerprint density at radius 3 is 2.96 bits per heavy atom. The standard InChI is InChI=1S/C14H17N5O4S/c1-3-4-5-12-16-17-14(24)18(12)15-8-9-6-10(19(21)22)13(20)11(7-9)23-2/h6-8,20H,3-5H2,1-2H3,(H,17,24). The molecule has 1 aromatic heterocycles. The van der Waals surface area contributed by atoms with Gasteiger partial charge in [0.25, 0.3) is 0 Å². The average Bonchev–Trinajstić information content (AvgIpc) is 2.91. The molecule has 10 heteroatoms. The lowest BCUT2D eigenvalue weighted by molar-refractivity contribution is -0.386. The summed E-state index contributed by atoms with van der Waals surface area (Å²) < 4.78 is 6.75. The van der Waals surface area contributed by atoms with E-state index in [-0.39, 0.29) is 5.75 Å². The van der Waals surface area contributed by atoms with Crippen LogP contribution in [0.2, 0.25) is 0 Å². The van der Waals surface area contributed by atoms with E-state index >= 15 is 0 Å². The highest BCUT2D eigenvalue weighted by Gasteiger charge is 2.19. The van der Waals surface area contributed by atoms with E-state index in [1.165, 1.54) is 30.1 Å². The summed E-state index contributed by atoms with van der Waals surface area (Å²) in [6.07, 6.45) is 4.05. The second-order valence-electron chi connectivity index (χ2n) is 4.95. The molecule has 0 saturated carbocycles. The zero-order chi connectivity index (χ0) is 17.7. The molecule has 24 heavy (non-hydrogen) atoms. The number of nitro benzene ring substituents is 1. The van der Waals surface area contributed by atoms with Crippen LogP contribution in [0.1, 0.15) is 31.2 Å². The van der Waals surface area contributed by atoms with Gasteiger partial charge in [0.15, 0.2) is 11.6 Å². The first-order chi connectivity index (χ1) is 11.5. The molecule has 0 radical (unpaired) electrons. The lowest BCUT2D eigenvalue weighted by Gasteiger charge is -2.05. The first kappa shape index (κ1) is 17.6. The number of phenols is 1. The minimum atomic E-state index is -0.689. The van der Waals surface area contributed by atoms with E-state index in [1.54, 1.807) is 0 Å². The first-order valence-corrected chi connectivity index (χ1v) is 7.64. The number of methoxy groups -OCH3 is 1. The molecule has 0 saturated heterocycles. The van der Waals surface area contributed by atoms with E-state index in [9.17, 15) is 15.2 Å². The van der Waals surface area contributed by atoms with Crippen molar-refractivity contribution in [2.45, 2.75) is 26.2 Å². The Balaban J connectivity index is 2.39. The monoisotopic (exact) mass is 351 g/mol. The van der Waals surface area contributed by atoms with Gasteiger partial charge in [0.1, 0.15) is 0 Å². The molecule has 0 amide bonds. The van der Waals surface area contributed by atoms with E-state index in [0.29, 0.717) is 22.6 Å². The number of nitrogens with zero attached hydrogens (tertiary/aromatic N) is 4. The van der Waals surface area contributed by atoms with Crippen molar-refractivity contribution in [1.29, 1.82) is 0 Å². The number of nitro groups is 1. The topological polar surface area (TPSA) is 119 Å². The number of aromatic amines is 1. The van der Waals surface area contributed by atoms with Crippen LogP contribution in [0.15, 0.2) is 17.2 Å². The van der Waals surface area contributed by atoms with Crippen LogP contribution in [0.4, 0.5) is 5.69 Å². The molecule has 0 aliphatic heterocycles. The molecule has 2 aromatic rings. The SMILES string of the molecule is CCCCc1n[nH]c(=S)n1N=Cc1cc(OC)c(O)c([N+](=O)[O-])c1. The number of nitrogens with one attached hydrogen (secondary N) is 1. The number of hydrogen-bond acceptors (Lipinski definition) is 7. The van der Waals surface area contributed by atoms with E-state index < -0.39 is 16.4 Å². The van der Waals surface area contributed by atoms with Crippen molar-refractivity contribution >= 4 is 24.1 Å². The first-order valence-electron chi connectivity index (χ1n) is 7.24. The van der Waals surface area contributed by atoms with Crippen LogP contribution in [0.25, 0.3) is 0 Å². The van der Waals surface area contributed by atoms with E-state index in [0.717, 1.165) is 12.8 Å². The normalized spacial score (nSPS) is 11.1. The highest BCUT2D eigenvalue weighted by atomic mass is 32.1. The fourth-order valence-corrected chi connectivity index (χ4v) is 2.25. The second-order valence-corrected chi connectivity index (χ2v) is 5.34. The highest BCUT2D eigenvalue weighted by molar-refractivity contribution is 7.71. The van der Waals surface area contributed by atoms with Gasteiger partial charge in [-0.25, -0.2) is 0 Å². The van der Waals surface area contributed by atoms with Crippen LogP contribution >= 0.6 is 12.2 Å². The molecule has 128 valence electrons.